The molecule has 2 aromatic heterocycles. The molecule has 0 amide bonds. The quantitative estimate of drug-likeness (QED) is 0.405. The SMILES string of the molecule is CCCC(O)c1cccc(Oc2nc3c(c(=O)n(C)c(=O)n3C)n2Cc2cccc(Br)c2)c1. The van der Waals surface area contributed by atoms with E-state index in [1.165, 1.54) is 11.6 Å². The van der Waals surface area contributed by atoms with Gasteiger partial charge in [0.25, 0.3) is 5.56 Å². The number of fused-ring (bicyclic) bond motifs is 1. The average molecular weight is 513 g/mol. The third-order valence-corrected chi connectivity index (χ3v) is 6.05. The molecule has 172 valence electrons. The van der Waals surface area contributed by atoms with Crippen LogP contribution >= 0.6 is 15.9 Å². The van der Waals surface area contributed by atoms with E-state index in [-0.39, 0.29) is 17.2 Å². The normalized spacial score (nSPS) is 12.3. The number of halogens is 1. The molecular weight excluding hydrogens is 488 g/mol. The smallest absolute Gasteiger partial charge is 0.332 e. The van der Waals surface area contributed by atoms with Crippen molar-refractivity contribution < 1.29 is 9.84 Å². The standard InChI is InChI=1S/C24H25BrN4O4/c1-4-7-19(30)16-9-6-11-18(13-16)33-23-26-21-20(22(31)28(3)24(32)27(21)2)29(23)14-15-8-5-10-17(25)12-15/h5-6,8-13,19,30H,4,7,14H2,1-3H3. The summed E-state index contributed by atoms with van der Waals surface area (Å²) in [6, 6.07) is 15.1. The van der Waals surface area contributed by atoms with Gasteiger partial charge < -0.3 is 9.84 Å². The van der Waals surface area contributed by atoms with Gasteiger partial charge in [0.15, 0.2) is 11.2 Å². The van der Waals surface area contributed by atoms with E-state index in [1.54, 1.807) is 29.8 Å². The molecule has 0 radical (unpaired) electrons. The highest BCUT2D eigenvalue weighted by Crippen LogP contribution is 2.28. The van der Waals surface area contributed by atoms with Gasteiger partial charge >= 0.3 is 11.7 Å². The van der Waals surface area contributed by atoms with E-state index in [4.69, 9.17) is 4.74 Å². The first-order valence-corrected chi connectivity index (χ1v) is 11.5. The first-order valence-electron chi connectivity index (χ1n) is 10.7. The monoisotopic (exact) mass is 512 g/mol. The van der Waals surface area contributed by atoms with E-state index in [0.29, 0.717) is 18.7 Å². The molecule has 0 saturated heterocycles. The number of aryl methyl sites for hydroxylation is 1. The van der Waals surface area contributed by atoms with Crippen molar-refractivity contribution in [2.75, 3.05) is 0 Å². The predicted molar refractivity (Wildman–Crippen MR) is 130 cm³/mol. The lowest BCUT2D eigenvalue weighted by molar-refractivity contribution is 0.166. The molecule has 0 aliphatic heterocycles. The summed E-state index contributed by atoms with van der Waals surface area (Å²) in [6.07, 6.45) is 0.904. The Kier molecular flexibility index (Phi) is 6.53. The largest absolute Gasteiger partial charge is 0.425 e. The van der Waals surface area contributed by atoms with Gasteiger partial charge in [-0.15, -0.1) is 0 Å². The van der Waals surface area contributed by atoms with E-state index in [0.717, 1.165) is 26.6 Å². The summed E-state index contributed by atoms with van der Waals surface area (Å²) < 4.78 is 11.1. The van der Waals surface area contributed by atoms with Gasteiger partial charge in [-0.05, 0) is 41.8 Å². The molecule has 0 aliphatic rings. The number of benzene rings is 2. The fourth-order valence-corrected chi connectivity index (χ4v) is 4.25. The lowest BCUT2D eigenvalue weighted by Gasteiger charge is -2.13. The molecule has 0 spiro atoms. The molecular formula is C24H25BrN4O4. The van der Waals surface area contributed by atoms with Gasteiger partial charge in [-0.3, -0.25) is 18.5 Å². The molecule has 1 N–H and O–H groups in total. The second-order valence-electron chi connectivity index (χ2n) is 7.97. The number of ether oxygens (including phenoxy) is 1. The predicted octanol–water partition coefficient (Wildman–Crippen LogP) is 3.87. The Balaban J connectivity index is 1.86. The number of nitrogens with zero attached hydrogens (tertiary/aromatic N) is 4. The van der Waals surface area contributed by atoms with Gasteiger partial charge in [-0.2, -0.15) is 4.98 Å². The van der Waals surface area contributed by atoms with Crippen molar-refractivity contribution in [1.82, 2.24) is 18.7 Å². The van der Waals surface area contributed by atoms with Crippen molar-refractivity contribution in [2.24, 2.45) is 14.1 Å². The number of hydrogen-bond acceptors (Lipinski definition) is 5. The van der Waals surface area contributed by atoms with Crippen LogP contribution in [0.2, 0.25) is 0 Å². The summed E-state index contributed by atoms with van der Waals surface area (Å²) in [5.41, 5.74) is 1.28. The molecule has 2 aromatic carbocycles. The maximum atomic E-state index is 13.1. The molecule has 1 unspecified atom stereocenters. The Hall–Kier alpha value is -3.17. The third kappa shape index (κ3) is 4.51. The van der Waals surface area contributed by atoms with Gasteiger partial charge in [-0.25, -0.2) is 4.79 Å². The van der Waals surface area contributed by atoms with Crippen LogP contribution in [0, 0.1) is 0 Å². The minimum Gasteiger partial charge on any atom is -0.425 e. The number of aromatic nitrogens is 4. The van der Waals surface area contributed by atoms with E-state index in [2.05, 4.69) is 20.9 Å². The number of rotatable bonds is 7. The molecule has 0 aliphatic carbocycles. The number of aliphatic hydroxyl groups excluding tert-OH is 1. The van der Waals surface area contributed by atoms with Crippen molar-refractivity contribution in [1.29, 1.82) is 0 Å². The highest BCUT2D eigenvalue weighted by molar-refractivity contribution is 9.10. The lowest BCUT2D eigenvalue weighted by atomic mass is 10.1. The molecule has 8 nitrogen and oxygen atoms in total. The van der Waals surface area contributed by atoms with Crippen LogP contribution in [0.15, 0.2) is 62.6 Å². The van der Waals surface area contributed by atoms with E-state index < -0.39 is 17.4 Å². The maximum absolute atomic E-state index is 13.1. The van der Waals surface area contributed by atoms with Gasteiger partial charge in [-0.1, -0.05) is 53.5 Å². The molecule has 4 rings (SSSR count). The minimum atomic E-state index is -0.591. The van der Waals surface area contributed by atoms with Crippen molar-refractivity contribution >= 4 is 27.1 Å². The second-order valence-corrected chi connectivity index (χ2v) is 8.88. The van der Waals surface area contributed by atoms with Gasteiger partial charge in [0.2, 0.25) is 0 Å². The number of imidazole rings is 1. The van der Waals surface area contributed by atoms with Crippen LogP contribution in [-0.4, -0.2) is 23.8 Å². The Morgan fingerprint density at radius 3 is 2.58 bits per heavy atom. The molecule has 0 bridgehead atoms. The van der Waals surface area contributed by atoms with Crippen molar-refractivity contribution in [3.8, 4) is 11.8 Å². The second kappa shape index (κ2) is 9.36. The van der Waals surface area contributed by atoms with Crippen LogP contribution < -0.4 is 16.0 Å². The third-order valence-electron chi connectivity index (χ3n) is 5.56. The van der Waals surface area contributed by atoms with Crippen LogP contribution in [0.5, 0.6) is 11.8 Å². The molecule has 0 saturated carbocycles. The van der Waals surface area contributed by atoms with Crippen LogP contribution in [0.25, 0.3) is 11.2 Å². The fraction of sp³-hybridized carbons (Fsp3) is 0.292. The zero-order valence-corrected chi connectivity index (χ0v) is 20.2. The number of hydrogen-bond donors (Lipinski definition) is 1. The Morgan fingerprint density at radius 2 is 1.85 bits per heavy atom. The summed E-state index contributed by atoms with van der Waals surface area (Å²) in [7, 11) is 3.02. The topological polar surface area (TPSA) is 91.3 Å². The van der Waals surface area contributed by atoms with Crippen molar-refractivity contribution in [2.45, 2.75) is 32.4 Å². The van der Waals surface area contributed by atoms with Crippen LogP contribution in [-0.2, 0) is 20.6 Å². The van der Waals surface area contributed by atoms with Crippen molar-refractivity contribution in [3.05, 3.63) is 85.0 Å². The maximum Gasteiger partial charge on any atom is 0.332 e. The highest BCUT2D eigenvalue weighted by atomic mass is 79.9. The highest BCUT2D eigenvalue weighted by Gasteiger charge is 2.21. The summed E-state index contributed by atoms with van der Waals surface area (Å²) in [4.78, 5) is 30.0. The molecule has 1 atom stereocenters. The van der Waals surface area contributed by atoms with E-state index in [9.17, 15) is 14.7 Å². The Bertz CT molecular complexity index is 1440. The van der Waals surface area contributed by atoms with Gasteiger partial charge in [0.1, 0.15) is 5.75 Å². The molecule has 2 heterocycles. The first-order chi connectivity index (χ1) is 15.8. The summed E-state index contributed by atoms with van der Waals surface area (Å²) in [6.45, 7) is 2.33. The zero-order valence-electron chi connectivity index (χ0n) is 18.7. The van der Waals surface area contributed by atoms with Gasteiger partial charge in [0.05, 0.1) is 12.6 Å². The summed E-state index contributed by atoms with van der Waals surface area (Å²) in [5, 5.41) is 10.4. The van der Waals surface area contributed by atoms with E-state index in [1.807, 2.05) is 37.3 Å². The van der Waals surface area contributed by atoms with E-state index >= 15 is 0 Å². The minimum absolute atomic E-state index is 0.186. The zero-order chi connectivity index (χ0) is 23.7. The Morgan fingerprint density at radius 1 is 1.09 bits per heavy atom. The summed E-state index contributed by atoms with van der Waals surface area (Å²) >= 11 is 3.48. The molecule has 4 aromatic rings. The van der Waals surface area contributed by atoms with Crippen LogP contribution in [0.3, 0.4) is 0 Å². The average Bonchev–Trinajstić information content (AvgIpc) is 3.14. The van der Waals surface area contributed by atoms with Gasteiger partial charge in [0, 0.05) is 18.6 Å². The fourth-order valence-electron chi connectivity index (χ4n) is 3.80. The molecule has 33 heavy (non-hydrogen) atoms. The molecule has 0 fully saturated rings. The van der Waals surface area contributed by atoms with Crippen LogP contribution in [0.1, 0.15) is 37.0 Å². The Labute approximate surface area is 198 Å². The first kappa shape index (κ1) is 23.0. The van der Waals surface area contributed by atoms with Crippen molar-refractivity contribution in [3.63, 3.8) is 0 Å². The number of aliphatic hydroxyl groups is 1. The molecule has 9 heteroatoms. The lowest BCUT2D eigenvalue weighted by Crippen LogP contribution is -2.37. The van der Waals surface area contributed by atoms with Crippen LogP contribution in [0.4, 0.5) is 0 Å². The summed E-state index contributed by atoms with van der Waals surface area (Å²) in [5.74, 6) is 0.482.